The molecule has 2 N–H and O–H groups in total. The zero-order valence-corrected chi connectivity index (χ0v) is 19.3. The van der Waals surface area contributed by atoms with Crippen molar-refractivity contribution in [2.24, 2.45) is 5.73 Å². The molecule has 1 unspecified atom stereocenters. The van der Waals surface area contributed by atoms with Crippen LogP contribution in [-0.4, -0.2) is 37.0 Å². The highest BCUT2D eigenvalue weighted by atomic mass is 32.1. The second-order valence-corrected chi connectivity index (χ2v) is 9.46. The molecule has 1 amide bonds. The maximum Gasteiger partial charge on any atom is 0.340 e. The number of nitrogens with two attached hydrogens (primary N) is 1. The predicted octanol–water partition coefficient (Wildman–Crippen LogP) is 4.35. The average Bonchev–Trinajstić information content (AvgIpc) is 3.61. The van der Waals surface area contributed by atoms with E-state index >= 15 is 0 Å². The van der Waals surface area contributed by atoms with Crippen molar-refractivity contribution in [1.82, 2.24) is 4.90 Å². The molecule has 5 heterocycles. The number of hydrogen-bond acceptors (Lipinski definition) is 8. The van der Waals surface area contributed by atoms with Crippen LogP contribution in [0.3, 0.4) is 0 Å². The van der Waals surface area contributed by atoms with Gasteiger partial charge in [0.15, 0.2) is 5.76 Å². The molecule has 0 saturated carbocycles. The highest BCUT2D eigenvalue weighted by molar-refractivity contribution is 7.11. The number of hydrogen-bond donors (Lipinski definition) is 1. The first kappa shape index (κ1) is 21.3. The Morgan fingerprint density at radius 1 is 1.15 bits per heavy atom. The van der Waals surface area contributed by atoms with E-state index in [4.69, 9.17) is 19.6 Å². The first-order valence-electron chi connectivity index (χ1n) is 10.2. The summed E-state index contributed by atoms with van der Waals surface area (Å²) in [5.74, 6) is -0.425. The van der Waals surface area contributed by atoms with E-state index in [1.54, 1.807) is 28.4 Å². The summed E-state index contributed by atoms with van der Waals surface area (Å²) in [4.78, 5) is 29.6. The van der Waals surface area contributed by atoms with E-state index < -0.39 is 11.9 Å². The molecule has 0 aromatic carbocycles. The van der Waals surface area contributed by atoms with Gasteiger partial charge in [-0.2, -0.15) is 0 Å². The monoisotopic (exact) mass is 480 g/mol. The van der Waals surface area contributed by atoms with Crippen molar-refractivity contribution in [1.29, 1.82) is 0 Å². The molecular weight excluding hydrogens is 460 g/mol. The number of amides is 1. The molecule has 0 aliphatic carbocycles. The maximum atomic E-state index is 13.2. The van der Waals surface area contributed by atoms with Crippen molar-refractivity contribution < 1.29 is 23.5 Å². The van der Waals surface area contributed by atoms with Crippen molar-refractivity contribution in [3.8, 4) is 0 Å². The van der Waals surface area contributed by atoms with Gasteiger partial charge < -0.3 is 24.5 Å². The molecule has 2 aliphatic rings. The SMILES string of the molecule is COC(=O)C1=C(N)OC2=C(CN(C(=O)c3ccco3)C/C2=C\c2cccs2)C1c1cccs1. The van der Waals surface area contributed by atoms with Crippen molar-refractivity contribution in [2.75, 3.05) is 20.2 Å². The molecule has 9 heteroatoms. The molecule has 7 nitrogen and oxygen atoms in total. The van der Waals surface area contributed by atoms with Crippen LogP contribution in [0, 0.1) is 0 Å². The third kappa shape index (κ3) is 3.90. The summed E-state index contributed by atoms with van der Waals surface area (Å²) in [5, 5.41) is 3.92. The zero-order valence-electron chi connectivity index (χ0n) is 17.6. The molecule has 0 fully saturated rings. The Hall–Kier alpha value is -3.56. The lowest BCUT2D eigenvalue weighted by molar-refractivity contribution is -0.136. The average molecular weight is 481 g/mol. The fourth-order valence-corrected chi connectivity index (χ4v) is 5.66. The van der Waals surface area contributed by atoms with E-state index in [1.807, 2.05) is 41.1 Å². The molecule has 168 valence electrons. The van der Waals surface area contributed by atoms with Gasteiger partial charge in [-0.05, 0) is 41.1 Å². The third-order valence-corrected chi connectivity index (χ3v) is 7.29. The van der Waals surface area contributed by atoms with Crippen LogP contribution in [0.5, 0.6) is 0 Å². The minimum absolute atomic E-state index is 0.0156. The standard InChI is InChI=1S/C24H20N2O5S2/c1-29-24(28)20-19(18-7-4-10-33-18)16-13-26(23(27)17-6-2-8-30-17)12-14(21(16)31-22(20)25)11-15-5-3-9-32-15/h2-11,19H,12-13,25H2,1H3/b14-11+. The van der Waals surface area contributed by atoms with E-state index in [0.717, 1.165) is 20.9 Å². The molecular formula is C24H20N2O5S2. The molecule has 3 aromatic heterocycles. The lowest BCUT2D eigenvalue weighted by atomic mass is 9.83. The fraction of sp³-hybridized carbons (Fsp3) is 0.167. The Morgan fingerprint density at radius 3 is 2.64 bits per heavy atom. The van der Waals surface area contributed by atoms with Gasteiger partial charge in [0.25, 0.3) is 5.91 Å². The smallest absolute Gasteiger partial charge is 0.340 e. The van der Waals surface area contributed by atoms with Crippen LogP contribution >= 0.6 is 22.7 Å². The Labute approximate surface area is 198 Å². The number of esters is 1. The van der Waals surface area contributed by atoms with Gasteiger partial charge in [-0.15, -0.1) is 22.7 Å². The third-order valence-electron chi connectivity index (χ3n) is 5.53. The van der Waals surface area contributed by atoms with Crippen LogP contribution < -0.4 is 5.73 Å². The molecule has 1 atom stereocenters. The van der Waals surface area contributed by atoms with Crippen LogP contribution in [0.4, 0.5) is 0 Å². The number of methoxy groups -OCH3 is 1. The summed E-state index contributed by atoms with van der Waals surface area (Å²) in [6.45, 7) is 0.571. The quantitative estimate of drug-likeness (QED) is 0.558. The summed E-state index contributed by atoms with van der Waals surface area (Å²) < 4.78 is 16.4. The highest BCUT2D eigenvalue weighted by Crippen LogP contribution is 2.45. The Kier molecular flexibility index (Phi) is 5.65. The Bertz CT molecular complexity index is 1270. The van der Waals surface area contributed by atoms with Gasteiger partial charge in [-0.3, -0.25) is 4.79 Å². The minimum atomic E-state index is -0.560. The first-order valence-corrected chi connectivity index (χ1v) is 11.9. The Balaban J connectivity index is 1.66. The second kappa shape index (κ2) is 8.76. The number of rotatable bonds is 4. The molecule has 5 rings (SSSR count). The van der Waals surface area contributed by atoms with Gasteiger partial charge in [-0.1, -0.05) is 12.1 Å². The normalized spacial score (nSPS) is 19.5. The molecule has 2 aliphatic heterocycles. The molecule has 0 radical (unpaired) electrons. The lowest BCUT2D eigenvalue weighted by Gasteiger charge is -2.38. The topological polar surface area (TPSA) is 95.0 Å². The van der Waals surface area contributed by atoms with Crippen LogP contribution in [0.15, 0.2) is 86.2 Å². The van der Waals surface area contributed by atoms with E-state index in [0.29, 0.717) is 12.3 Å². The highest BCUT2D eigenvalue weighted by Gasteiger charge is 2.42. The summed E-state index contributed by atoms with van der Waals surface area (Å²) in [6, 6.07) is 11.1. The summed E-state index contributed by atoms with van der Waals surface area (Å²) >= 11 is 3.09. The molecule has 0 spiro atoms. The van der Waals surface area contributed by atoms with Gasteiger partial charge in [0.1, 0.15) is 11.3 Å². The molecule has 0 saturated heterocycles. The Morgan fingerprint density at radius 2 is 1.97 bits per heavy atom. The van der Waals surface area contributed by atoms with Crippen molar-refractivity contribution in [3.63, 3.8) is 0 Å². The van der Waals surface area contributed by atoms with Crippen molar-refractivity contribution in [3.05, 3.63) is 97.3 Å². The number of carbonyl (C=O) groups is 2. The van der Waals surface area contributed by atoms with Gasteiger partial charge in [0.05, 0.1) is 25.8 Å². The van der Waals surface area contributed by atoms with Gasteiger partial charge >= 0.3 is 5.97 Å². The van der Waals surface area contributed by atoms with E-state index in [9.17, 15) is 9.59 Å². The predicted molar refractivity (Wildman–Crippen MR) is 125 cm³/mol. The molecule has 33 heavy (non-hydrogen) atoms. The van der Waals surface area contributed by atoms with E-state index in [2.05, 4.69) is 0 Å². The number of carbonyl (C=O) groups excluding carboxylic acids is 2. The second-order valence-electron chi connectivity index (χ2n) is 7.50. The van der Waals surface area contributed by atoms with Crippen LogP contribution in [0.25, 0.3) is 6.08 Å². The maximum absolute atomic E-state index is 13.2. The molecule has 3 aromatic rings. The summed E-state index contributed by atoms with van der Waals surface area (Å²) in [7, 11) is 1.31. The largest absolute Gasteiger partial charge is 0.465 e. The van der Waals surface area contributed by atoms with Gasteiger partial charge in [-0.25, -0.2) is 4.79 Å². The minimum Gasteiger partial charge on any atom is -0.465 e. The fourth-order valence-electron chi connectivity index (χ4n) is 4.11. The van der Waals surface area contributed by atoms with E-state index in [-0.39, 0.29) is 29.7 Å². The first-order chi connectivity index (χ1) is 16.1. The number of nitrogens with zero attached hydrogens (tertiary/aromatic N) is 1. The van der Waals surface area contributed by atoms with Gasteiger partial charge in [0, 0.05) is 27.4 Å². The van der Waals surface area contributed by atoms with Gasteiger partial charge in [0.2, 0.25) is 5.88 Å². The molecule has 0 bridgehead atoms. The van der Waals surface area contributed by atoms with Crippen LogP contribution in [0.2, 0.25) is 0 Å². The van der Waals surface area contributed by atoms with Crippen molar-refractivity contribution in [2.45, 2.75) is 5.92 Å². The van der Waals surface area contributed by atoms with Crippen molar-refractivity contribution >= 4 is 40.6 Å². The number of furan rings is 1. The number of ether oxygens (including phenoxy) is 2. The number of thiophene rings is 2. The van der Waals surface area contributed by atoms with Crippen LogP contribution in [-0.2, 0) is 14.3 Å². The lowest BCUT2D eigenvalue weighted by Crippen LogP contribution is -2.42. The zero-order chi connectivity index (χ0) is 22.9. The summed E-state index contributed by atoms with van der Waals surface area (Å²) in [6.07, 6.45) is 3.46. The summed E-state index contributed by atoms with van der Waals surface area (Å²) in [5.41, 5.74) is 8.09. The van der Waals surface area contributed by atoms with Crippen LogP contribution in [0.1, 0.15) is 26.2 Å². The van der Waals surface area contributed by atoms with E-state index in [1.165, 1.54) is 24.7 Å².